The topological polar surface area (TPSA) is 49.8 Å². The summed E-state index contributed by atoms with van der Waals surface area (Å²) in [6.07, 6.45) is 2.62. The second-order valence-corrected chi connectivity index (χ2v) is 3.80. The van der Waals surface area contributed by atoms with Gasteiger partial charge in [0.15, 0.2) is 0 Å². The van der Waals surface area contributed by atoms with Gasteiger partial charge in [-0.05, 0) is 32.4 Å². The molecule has 0 aliphatic carbocycles. The van der Waals surface area contributed by atoms with Gasteiger partial charge in [-0.15, -0.1) is 12.4 Å². The third-order valence-corrected chi connectivity index (χ3v) is 2.76. The quantitative estimate of drug-likeness (QED) is 0.731. The van der Waals surface area contributed by atoms with Crippen LogP contribution in [-0.2, 0) is 9.53 Å². The van der Waals surface area contributed by atoms with Gasteiger partial charge >= 0.3 is 5.97 Å². The number of piperidine rings is 1. The van der Waals surface area contributed by atoms with Crippen LogP contribution >= 0.6 is 12.4 Å². The lowest BCUT2D eigenvalue weighted by atomic mass is 9.97. The molecule has 1 fully saturated rings. The maximum atomic E-state index is 10.7. The third kappa shape index (κ3) is 5.35. The first-order valence-corrected chi connectivity index (χ1v) is 5.18. The minimum absolute atomic E-state index is 0. The largest absolute Gasteiger partial charge is 0.481 e. The van der Waals surface area contributed by atoms with Crippen LogP contribution in [0, 0.1) is 5.92 Å². The SMILES string of the molecule is COCCCN1CCC(C(=O)O)CC1.Cl. The average Bonchev–Trinajstić information content (AvgIpc) is 2.19. The summed E-state index contributed by atoms with van der Waals surface area (Å²) >= 11 is 0. The van der Waals surface area contributed by atoms with Gasteiger partial charge in [-0.3, -0.25) is 4.79 Å². The van der Waals surface area contributed by atoms with Gasteiger partial charge < -0.3 is 14.7 Å². The van der Waals surface area contributed by atoms with Crippen molar-refractivity contribution in [3.63, 3.8) is 0 Å². The van der Waals surface area contributed by atoms with Crippen molar-refractivity contribution in [2.75, 3.05) is 33.4 Å². The summed E-state index contributed by atoms with van der Waals surface area (Å²) in [5.74, 6) is -0.754. The van der Waals surface area contributed by atoms with Crippen molar-refractivity contribution < 1.29 is 14.6 Å². The molecule has 0 unspecified atom stereocenters. The van der Waals surface area contributed by atoms with Gasteiger partial charge in [0.05, 0.1) is 5.92 Å². The molecule has 0 radical (unpaired) electrons. The van der Waals surface area contributed by atoms with Crippen molar-refractivity contribution in [3.05, 3.63) is 0 Å². The average molecular weight is 238 g/mol. The highest BCUT2D eigenvalue weighted by molar-refractivity contribution is 5.85. The summed E-state index contributed by atoms with van der Waals surface area (Å²) in [6.45, 7) is 3.65. The molecule has 1 aliphatic heterocycles. The van der Waals surface area contributed by atoms with Crippen LogP contribution in [0.3, 0.4) is 0 Å². The molecule has 0 spiro atoms. The van der Waals surface area contributed by atoms with Gasteiger partial charge in [0.25, 0.3) is 0 Å². The Bertz CT molecular complexity index is 182. The first-order valence-electron chi connectivity index (χ1n) is 5.18. The van der Waals surface area contributed by atoms with Crippen LogP contribution in [0.15, 0.2) is 0 Å². The molecule has 15 heavy (non-hydrogen) atoms. The second-order valence-electron chi connectivity index (χ2n) is 3.80. The van der Waals surface area contributed by atoms with Crippen LogP contribution in [0.1, 0.15) is 19.3 Å². The molecule has 4 nitrogen and oxygen atoms in total. The van der Waals surface area contributed by atoms with Crippen LogP contribution in [-0.4, -0.2) is 49.3 Å². The predicted molar refractivity (Wildman–Crippen MR) is 60.5 cm³/mol. The smallest absolute Gasteiger partial charge is 0.306 e. The zero-order valence-corrected chi connectivity index (χ0v) is 9.96. The van der Waals surface area contributed by atoms with Crippen molar-refractivity contribution in [2.24, 2.45) is 5.92 Å². The van der Waals surface area contributed by atoms with Crippen molar-refractivity contribution >= 4 is 18.4 Å². The molecular weight excluding hydrogens is 218 g/mol. The Hall–Kier alpha value is -0.320. The van der Waals surface area contributed by atoms with Crippen molar-refractivity contribution in [1.82, 2.24) is 4.90 Å². The Kier molecular flexibility index (Phi) is 7.74. The number of hydrogen-bond acceptors (Lipinski definition) is 3. The van der Waals surface area contributed by atoms with Gasteiger partial charge in [0.2, 0.25) is 0 Å². The Labute approximate surface area is 97.0 Å². The highest BCUT2D eigenvalue weighted by atomic mass is 35.5. The molecule has 90 valence electrons. The van der Waals surface area contributed by atoms with Crippen LogP contribution in [0.25, 0.3) is 0 Å². The maximum absolute atomic E-state index is 10.7. The van der Waals surface area contributed by atoms with E-state index in [1.165, 1.54) is 0 Å². The molecule has 0 amide bonds. The summed E-state index contributed by atoms with van der Waals surface area (Å²) in [5, 5.41) is 8.80. The lowest BCUT2D eigenvalue weighted by molar-refractivity contribution is -0.143. The van der Waals surface area contributed by atoms with E-state index < -0.39 is 5.97 Å². The van der Waals surface area contributed by atoms with E-state index in [0.717, 1.165) is 45.5 Å². The molecule has 5 heteroatoms. The molecule has 1 heterocycles. The molecule has 1 N–H and O–H groups in total. The zero-order valence-electron chi connectivity index (χ0n) is 9.15. The number of halogens is 1. The minimum atomic E-state index is -0.637. The molecule has 0 aromatic heterocycles. The standard InChI is InChI=1S/C10H19NO3.ClH/c1-14-8-2-5-11-6-3-9(4-7-11)10(12)13;/h9H,2-8H2,1H3,(H,12,13);1H. The molecule has 0 aromatic rings. The summed E-state index contributed by atoms with van der Waals surface area (Å²) in [6, 6.07) is 0. The number of aliphatic carboxylic acids is 1. The van der Waals surface area contributed by atoms with Crippen molar-refractivity contribution in [2.45, 2.75) is 19.3 Å². The van der Waals surface area contributed by atoms with E-state index in [9.17, 15) is 4.79 Å². The van der Waals surface area contributed by atoms with E-state index in [1.54, 1.807) is 7.11 Å². The molecule has 0 aromatic carbocycles. The fraction of sp³-hybridized carbons (Fsp3) is 0.900. The van der Waals surface area contributed by atoms with Crippen LogP contribution in [0.5, 0.6) is 0 Å². The van der Waals surface area contributed by atoms with E-state index in [-0.39, 0.29) is 18.3 Å². The molecule has 0 bridgehead atoms. The van der Waals surface area contributed by atoms with Crippen LogP contribution < -0.4 is 0 Å². The van der Waals surface area contributed by atoms with Crippen molar-refractivity contribution in [3.8, 4) is 0 Å². The summed E-state index contributed by atoms with van der Waals surface area (Å²) in [5.41, 5.74) is 0. The number of methoxy groups -OCH3 is 1. The van der Waals surface area contributed by atoms with Gasteiger partial charge in [-0.25, -0.2) is 0 Å². The fourth-order valence-corrected chi connectivity index (χ4v) is 1.84. The van der Waals surface area contributed by atoms with E-state index in [4.69, 9.17) is 9.84 Å². The molecule has 1 aliphatic rings. The lowest BCUT2D eigenvalue weighted by Crippen LogP contribution is -2.37. The minimum Gasteiger partial charge on any atom is -0.481 e. The first kappa shape index (κ1) is 14.7. The highest BCUT2D eigenvalue weighted by Crippen LogP contribution is 2.17. The van der Waals surface area contributed by atoms with Gasteiger partial charge in [0.1, 0.15) is 0 Å². The highest BCUT2D eigenvalue weighted by Gasteiger charge is 2.23. The summed E-state index contributed by atoms with van der Waals surface area (Å²) < 4.78 is 4.97. The van der Waals surface area contributed by atoms with Gasteiger partial charge in [-0.2, -0.15) is 0 Å². The number of ether oxygens (including phenoxy) is 1. The van der Waals surface area contributed by atoms with E-state index in [0.29, 0.717) is 0 Å². The Morgan fingerprint density at radius 2 is 2.07 bits per heavy atom. The van der Waals surface area contributed by atoms with E-state index in [2.05, 4.69) is 4.90 Å². The molecular formula is C10H20ClNO3. The Morgan fingerprint density at radius 3 is 2.53 bits per heavy atom. The Balaban J connectivity index is 0.00000196. The number of likely N-dealkylation sites (tertiary alicyclic amines) is 1. The summed E-state index contributed by atoms with van der Waals surface area (Å²) in [4.78, 5) is 13.0. The fourth-order valence-electron chi connectivity index (χ4n) is 1.84. The van der Waals surface area contributed by atoms with Crippen LogP contribution in [0.4, 0.5) is 0 Å². The molecule has 1 saturated heterocycles. The molecule has 0 saturated carbocycles. The number of carbonyl (C=O) groups is 1. The van der Waals surface area contributed by atoms with Gasteiger partial charge in [0, 0.05) is 20.3 Å². The van der Waals surface area contributed by atoms with E-state index in [1.807, 2.05) is 0 Å². The monoisotopic (exact) mass is 237 g/mol. The molecule has 0 atom stereocenters. The van der Waals surface area contributed by atoms with Crippen LogP contribution in [0.2, 0.25) is 0 Å². The molecule has 1 rings (SSSR count). The van der Waals surface area contributed by atoms with Crippen molar-refractivity contribution in [1.29, 1.82) is 0 Å². The number of hydrogen-bond donors (Lipinski definition) is 1. The number of rotatable bonds is 5. The normalized spacial score (nSPS) is 18.5. The van der Waals surface area contributed by atoms with Gasteiger partial charge in [-0.1, -0.05) is 0 Å². The maximum Gasteiger partial charge on any atom is 0.306 e. The van der Waals surface area contributed by atoms with E-state index >= 15 is 0 Å². The zero-order chi connectivity index (χ0) is 10.4. The lowest BCUT2D eigenvalue weighted by Gasteiger charge is -2.29. The number of carboxylic acids is 1. The number of nitrogens with zero attached hydrogens (tertiary/aromatic N) is 1. The second kappa shape index (κ2) is 7.91. The summed E-state index contributed by atoms with van der Waals surface area (Å²) in [7, 11) is 1.71. The third-order valence-electron chi connectivity index (χ3n) is 2.76. The Morgan fingerprint density at radius 1 is 1.47 bits per heavy atom. The predicted octanol–water partition coefficient (Wildman–Crippen LogP) is 1.24. The number of carboxylic acid groups (broad SMARTS) is 1. The first-order chi connectivity index (χ1) is 6.74.